The fraction of sp³-hybridized carbons (Fsp3) is 0.243. The summed E-state index contributed by atoms with van der Waals surface area (Å²) in [5, 5.41) is 11.4. The van der Waals surface area contributed by atoms with Crippen LogP contribution in [-0.4, -0.2) is 47.3 Å². The summed E-state index contributed by atoms with van der Waals surface area (Å²) in [6.07, 6.45) is -1.87. The molecule has 10 nitrogen and oxygen atoms in total. The highest BCUT2D eigenvalue weighted by Gasteiger charge is 2.48. The Morgan fingerprint density at radius 3 is 1.89 bits per heavy atom. The Morgan fingerprint density at radius 2 is 1.32 bits per heavy atom. The fourth-order valence-electron chi connectivity index (χ4n) is 5.86. The van der Waals surface area contributed by atoms with E-state index in [2.05, 4.69) is 0 Å². The van der Waals surface area contributed by atoms with E-state index < -0.39 is 35.3 Å². The molecule has 0 spiro atoms. The number of hydrogen-bond acceptors (Lipinski definition) is 8. The summed E-state index contributed by atoms with van der Waals surface area (Å²) in [4.78, 5) is 26.6. The SMILES string of the molecule is COc1ccc(C(O[C@H]2[C@H](n3ccc(=O)n(COCc4ccccc4)c3=O)OC[C@@H]2O)(c2ccccc2)c2ccc(OC)cc2)cc1. The van der Waals surface area contributed by atoms with Crippen LogP contribution in [0.1, 0.15) is 28.5 Å². The highest BCUT2D eigenvalue weighted by atomic mass is 16.6. The molecule has 0 bridgehead atoms. The van der Waals surface area contributed by atoms with Gasteiger partial charge in [-0.05, 0) is 46.5 Å². The molecule has 1 aliphatic heterocycles. The molecule has 5 aromatic rings. The standard InChI is InChI=1S/C37H36N2O8/c1-43-30-17-13-28(14-18-30)37(27-11-7-4-8-12-27,29-15-19-31(44-2)20-16-29)47-34-32(40)24-46-35(34)38-22-21-33(41)39(36(38)42)25-45-23-26-9-5-3-6-10-26/h3-22,32,34-35,40H,23-25H2,1-2H3/t32-,34+,35+/m0/s1. The van der Waals surface area contributed by atoms with E-state index in [0.717, 1.165) is 26.8 Å². The van der Waals surface area contributed by atoms with Crippen LogP contribution in [-0.2, 0) is 33.1 Å². The normalized spacial score (nSPS) is 17.8. The lowest BCUT2D eigenvalue weighted by Crippen LogP contribution is -2.47. The number of ether oxygens (including phenoxy) is 5. The molecule has 6 rings (SSSR count). The van der Waals surface area contributed by atoms with Crippen LogP contribution < -0.4 is 20.7 Å². The van der Waals surface area contributed by atoms with Crippen molar-refractivity contribution in [1.82, 2.24) is 9.13 Å². The maximum absolute atomic E-state index is 13.8. The molecule has 1 saturated heterocycles. The van der Waals surface area contributed by atoms with Crippen LogP contribution in [0.2, 0.25) is 0 Å². The highest BCUT2D eigenvalue weighted by molar-refractivity contribution is 5.50. The van der Waals surface area contributed by atoms with Gasteiger partial charge in [0.15, 0.2) is 6.23 Å². The van der Waals surface area contributed by atoms with Crippen LogP contribution in [0.25, 0.3) is 0 Å². The molecular formula is C37H36N2O8. The van der Waals surface area contributed by atoms with E-state index in [4.69, 9.17) is 23.7 Å². The maximum Gasteiger partial charge on any atom is 0.335 e. The number of benzene rings is 4. The first-order valence-corrected chi connectivity index (χ1v) is 15.2. The number of aromatic nitrogens is 2. The Morgan fingerprint density at radius 1 is 0.766 bits per heavy atom. The van der Waals surface area contributed by atoms with Crippen molar-refractivity contribution >= 4 is 0 Å². The molecule has 242 valence electrons. The van der Waals surface area contributed by atoms with E-state index in [-0.39, 0.29) is 19.9 Å². The third-order valence-corrected chi connectivity index (χ3v) is 8.29. The van der Waals surface area contributed by atoms with Gasteiger partial charge in [-0.2, -0.15) is 0 Å². The number of rotatable bonds is 12. The minimum Gasteiger partial charge on any atom is -0.497 e. The molecule has 3 atom stereocenters. The minimum absolute atomic E-state index is 0.0957. The summed E-state index contributed by atoms with van der Waals surface area (Å²) >= 11 is 0. The van der Waals surface area contributed by atoms with Crippen molar-refractivity contribution in [2.75, 3.05) is 20.8 Å². The fourth-order valence-corrected chi connectivity index (χ4v) is 5.86. The predicted octanol–water partition coefficient (Wildman–Crippen LogP) is 4.47. The Labute approximate surface area is 271 Å². The second kappa shape index (κ2) is 14.2. The number of aliphatic hydroxyl groups is 1. The van der Waals surface area contributed by atoms with Crippen molar-refractivity contribution in [3.8, 4) is 11.5 Å². The monoisotopic (exact) mass is 636 g/mol. The summed E-state index contributed by atoms with van der Waals surface area (Å²) in [6.45, 7) is -0.142. The van der Waals surface area contributed by atoms with E-state index in [1.807, 2.05) is 109 Å². The zero-order valence-corrected chi connectivity index (χ0v) is 26.1. The van der Waals surface area contributed by atoms with Gasteiger partial charge in [-0.1, -0.05) is 84.9 Å². The number of aliphatic hydroxyl groups excluding tert-OH is 1. The van der Waals surface area contributed by atoms with Gasteiger partial charge in [-0.3, -0.25) is 9.36 Å². The predicted molar refractivity (Wildman–Crippen MR) is 174 cm³/mol. The van der Waals surface area contributed by atoms with Crippen molar-refractivity contribution in [3.05, 3.63) is 165 Å². The zero-order valence-electron chi connectivity index (χ0n) is 26.1. The number of nitrogens with zero attached hydrogens (tertiary/aromatic N) is 2. The Balaban J connectivity index is 1.42. The van der Waals surface area contributed by atoms with Crippen molar-refractivity contribution in [2.24, 2.45) is 0 Å². The second-order valence-corrected chi connectivity index (χ2v) is 11.1. The molecule has 1 N–H and O–H groups in total. The number of hydrogen-bond donors (Lipinski definition) is 1. The maximum atomic E-state index is 13.8. The van der Waals surface area contributed by atoms with Crippen LogP contribution in [0.3, 0.4) is 0 Å². The van der Waals surface area contributed by atoms with Gasteiger partial charge in [-0.15, -0.1) is 0 Å². The molecule has 0 aliphatic carbocycles. The summed E-state index contributed by atoms with van der Waals surface area (Å²) in [5.41, 5.74) is 0.719. The van der Waals surface area contributed by atoms with Gasteiger partial charge in [-0.25, -0.2) is 9.36 Å². The lowest BCUT2D eigenvalue weighted by molar-refractivity contribution is -0.123. The summed E-state index contributed by atoms with van der Waals surface area (Å²) in [7, 11) is 3.19. The van der Waals surface area contributed by atoms with Crippen molar-refractivity contribution in [1.29, 1.82) is 0 Å². The highest BCUT2D eigenvalue weighted by Crippen LogP contribution is 2.45. The topological polar surface area (TPSA) is 110 Å². The molecule has 1 aromatic heterocycles. The molecule has 0 radical (unpaired) electrons. The van der Waals surface area contributed by atoms with Gasteiger partial charge < -0.3 is 28.8 Å². The first kappa shape index (κ1) is 32.0. The third-order valence-electron chi connectivity index (χ3n) is 8.29. The molecule has 47 heavy (non-hydrogen) atoms. The lowest BCUT2D eigenvalue weighted by atomic mass is 9.79. The molecule has 4 aromatic carbocycles. The van der Waals surface area contributed by atoms with Crippen LogP contribution in [0, 0.1) is 0 Å². The smallest absolute Gasteiger partial charge is 0.335 e. The van der Waals surface area contributed by atoms with Gasteiger partial charge in [0.2, 0.25) is 0 Å². The van der Waals surface area contributed by atoms with Gasteiger partial charge in [0.1, 0.15) is 36.0 Å². The van der Waals surface area contributed by atoms with Crippen molar-refractivity contribution in [2.45, 2.75) is 37.4 Å². The molecule has 2 heterocycles. The molecule has 0 amide bonds. The summed E-state index contributed by atoms with van der Waals surface area (Å²) in [5.74, 6) is 1.33. The zero-order chi connectivity index (χ0) is 32.8. The second-order valence-electron chi connectivity index (χ2n) is 11.1. The minimum atomic E-state index is -1.28. The Kier molecular flexibility index (Phi) is 9.65. The van der Waals surface area contributed by atoms with E-state index in [0.29, 0.717) is 11.5 Å². The van der Waals surface area contributed by atoms with E-state index in [9.17, 15) is 14.7 Å². The molecule has 0 saturated carbocycles. The largest absolute Gasteiger partial charge is 0.497 e. The third kappa shape index (κ3) is 6.49. The average Bonchev–Trinajstić information content (AvgIpc) is 3.48. The van der Waals surface area contributed by atoms with Crippen LogP contribution >= 0.6 is 0 Å². The van der Waals surface area contributed by atoms with Gasteiger partial charge >= 0.3 is 5.69 Å². The first-order chi connectivity index (χ1) is 22.9. The number of methoxy groups -OCH3 is 2. The van der Waals surface area contributed by atoms with E-state index in [1.54, 1.807) is 14.2 Å². The Bertz CT molecular complexity index is 1830. The van der Waals surface area contributed by atoms with Crippen LogP contribution in [0.15, 0.2) is 131 Å². The van der Waals surface area contributed by atoms with E-state index in [1.165, 1.54) is 16.8 Å². The average molecular weight is 637 g/mol. The molecule has 10 heteroatoms. The molecule has 1 fully saturated rings. The van der Waals surface area contributed by atoms with E-state index >= 15 is 0 Å². The van der Waals surface area contributed by atoms with Gasteiger partial charge in [0.25, 0.3) is 5.56 Å². The van der Waals surface area contributed by atoms with Crippen LogP contribution in [0.4, 0.5) is 0 Å². The van der Waals surface area contributed by atoms with Gasteiger partial charge in [0.05, 0.1) is 27.4 Å². The van der Waals surface area contributed by atoms with Crippen LogP contribution in [0.5, 0.6) is 11.5 Å². The first-order valence-electron chi connectivity index (χ1n) is 15.2. The molecule has 0 unspecified atom stereocenters. The summed E-state index contributed by atoms with van der Waals surface area (Å²) in [6, 6.07) is 35.4. The quantitative estimate of drug-likeness (QED) is 0.200. The Hall–Kier alpha value is -5.00. The molecular weight excluding hydrogens is 600 g/mol. The van der Waals surface area contributed by atoms with Gasteiger partial charge in [0, 0.05) is 12.3 Å². The summed E-state index contributed by atoms with van der Waals surface area (Å²) < 4.78 is 32.0. The van der Waals surface area contributed by atoms with Crippen molar-refractivity contribution < 1.29 is 28.8 Å². The van der Waals surface area contributed by atoms with Crippen molar-refractivity contribution in [3.63, 3.8) is 0 Å². The molecule has 1 aliphatic rings. The lowest BCUT2D eigenvalue weighted by Gasteiger charge is -2.40.